The van der Waals surface area contributed by atoms with Gasteiger partial charge in [0.1, 0.15) is 0 Å². The molecule has 1 N–H and O–H groups in total. The van der Waals surface area contributed by atoms with Gasteiger partial charge in [0.15, 0.2) is 5.65 Å². The summed E-state index contributed by atoms with van der Waals surface area (Å²) in [5.74, 6) is -0.0738. The highest BCUT2D eigenvalue weighted by Crippen LogP contribution is 2.26. The molecule has 0 spiro atoms. The minimum atomic E-state index is -0.221. The van der Waals surface area contributed by atoms with Gasteiger partial charge in [-0.1, -0.05) is 6.07 Å². The van der Waals surface area contributed by atoms with Gasteiger partial charge in [0.05, 0.1) is 17.2 Å². The third-order valence-electron chi connectivity index (χ3n) is 4.59. The van der Waals surface area contributed by atoms with E-state index in [0.717, 1.165) is 24.3 Å². The normalized spacial score (nSPS) is 13.7. The second-order valence-electron chi connectivity index (χ2n) is 6.47. The largest absolute Gasteiger partial charge is 0.356 e. The number of rotatable bonds is 6. The zero-order valence-corrected chi connectivity index (χ0v) is 15.3. The maximum atomic E-state index is 12.2. The van der Waals surface area contributed by atoms with Crippen LogP contribution in [0.1, 0.15) is 34.8 Å². The van der Waals surface area contributed by atoms with Gasteiger partial charge in [-0.05, 0) is 37.8 Å². The Labute approximate surface area is 154 Å². The van der Waals surface area contributed by atoms with E-state index in [1.54, 1.807) is 29.7 Å². The van der Waals surface area contributed by atoms with Gasteiger partial charge in [-0.2, -0.15) is 0 Å². The molecule has 0 saturated heterocycles. The van der Waals surface area contributed by atoms with Crippen molar-refractivity contribution in [3.63, 3.8) is 0 Å². The molecule has 0 aliphatic heterocycles. The minimum absolute atomic E-state index is 0.0738. The zero-order chi connectivity index (χ0) is 17.9. The number of pyridine rings is 1. The summed E-state index contributed by atoms with van der Waals surface area (Å²) in [5.41, 5.74) is 1.63. The van der Waals surface area contributed by atoms with Crippen molar-refractivity contribution in [1.82, 2.24) is 24.5 Å². The molecule has 7 nitrogen and oxygen atoms in total. The van der Waals surface area contributed by atoms with Crippen LogP contribution in [0.3, 0.4) is 0 Å². The fraction of sp³-hybridized carbons (Fsp3) is 0.444. The van der Waals surface area contributed by atoms with E-state index in [1.807, 2.05) is 6.07 Å². The molecule has 0 atom stereocenters. The number of hydrogen-bond acceptors (Lipinski definition) is 5. The number of nitrogens with zero attached hydrogens (tertiary/aromatic N) is 4. The summed E-state index contributed by atoms with van der Waals surface area (Å²) in [4.78, 5) is 30.3. The van der Waals surface area contributed by atoms with Crippen LogP contribution in [-0.4, -0.2) is 31.6 Å². The molecule has 4 rings (SSSR count). The molecule has 0 saturated carbocycles. The van der Waals surface area contributed by atoms with Crippen LogP contribution in [-0.2, 0) is 30.6 Å². The van der Waals surface area contributed by atoms with Gasteiger partial charge in [-0.25, -0.2) is 14.5 Å². The lowest BCUT2D eigenvalue weighted by atomic mass is 10.0. The quantitative estimate of drug-likeness (QED) is 0.713. The van der Waals surface area contributed by atoms with Gasteiger partial charge >= 0.3 is 5.69 Å². The maximum absolute atomic E-state index is 12.2. The molecule has 0 fully saturated rings. The average molecular weight is 371 g/mol. The van der Waals surface area contributed by atoms with Crippen molar-refractivity contribution >= 4 is 22.9 Å². The summed E-state index contributed by atoms with van der Waals surface area (Å²) in [6.45, 7) is 0.850. The smallest absolute Gasteiger partial charge is 0.350 e. The first-order valence-corrected chi connectivity index (χ1v) is 9.81. The van der Waals surface area contributed by atoms with E-state index in [9.17, 15) is 9.59 Å². The Morgan fingerprint density at radius 1 is 1.27 bits per heavy atom. The van der Waals surface area contributed by atoms with Crippen LogP contribution in [0.5, 0.6) is 0 Å². The van der Waals surface area contributed by atoms with Gasteiger partial charge in [-0.15, -0.1) is 16.4 Å². The standard InChI is InChI=1S/C18H21N5O2S/c24-16(9-12-23-18(25)22-11-4-3-7-15(22)21-23)19-10-8-17-20-13-5-1-2-6-14(13)26-17/h3-4,7,11H,1-2,5-6,8-10,12H2,(H,19,24). The highest BCUT2D eigenvalue weighted by Gasteiger charge is 2.15. The molecule has 0 bridgehead atoms. The Balaban J connectivity index is 1.27. The molecule has 136 valence electrons. The summed E-state index contributed by atoms with van der Waals surface area (Å²) < 4.78 is 2.81. The highest BCUT2D eigenvalue weighted by molar-refractivity contribution is 7.11. The van der Waals surface area contributed by atoms with Crippen LogP contribution < -0.4 is 11.0 Å². The summed E-state index contributed by atoms with van der Waals surface area (Å²) >= 11 is 1.78. The lowest BCUT2D eigenvalue weighted by molar-refractivity contribution is -0.121. The molecule has 1 amide bonds. The Kier molecular flexibility index (Phi) is 4.83. The topological polar surface area (TPSA) is 81.3 Å². The molecule has 26 heavy (non-hydrogen) atoms. The van der Waals surface area contributed by atoms with E-state index in [1.165, 1.54) is 32.5 Å². The molecule has 0 unspecified atom stereocenters. The van der Waals surface area contributed by atoms with Crippen molar-refractivity contribution in [2.45, 2.75) is 45.1 Å². The van der Waals surface area contributed by atoms with Crippen molar-refractivity contribution in [3.8, 4) is 0 Å². The third kappa shape index (κ3) is 3.55. The molecular weight excluding hydrogens is 350 g/mol. The van der Waals surface area contributed by atoms with Crippen LogP contribution in [0.25, 0.3) is 5.65 Å². The zero-order valence-electron chi connectivity index (χ0n) is 14.5. The molecule has 0 aromatic carbocycles. The van der Waals surface area contributed by atoms with E-state index >= 15 is 0 Å². The van der Waals surface area contributed by atoms with Crippen molar-refractivity contribution in [3.05, 3.63) is 50.5 Å². The molecule has 8 heteroatoms. The number of hydrogen-bond donors (Lipinski definition) is 1. The van der Waals surface area contributed by atoms with E-state index in [2.05, 4.69) is 15.4 Å². The van der Waals surface area contributed by atoms with Crippen molar-refractivity contribution < 1.29 is 4.79 Å². The van der Waals surface area contributed by atoms with E-state index < -0.39 is 0 Å². The maximum Gasteiger partial charge on any atom is 0.350 e. The van der Waals surface area contributed by atoms with Gasteiger partial charge in [0.25, 0.3) is 0 Å². The molecule has 0 radical (unpaired) electrons. The first-order chi connectivity index (χ1) is 12.7. The van der Waals surface area contributed by atoms with Gasteiger partial charge in [0.2, 0.25) is 5.91 Å². The SMILES string of the molecule is O=C(CCn1nc2ccccn2c1=O)NCCc1nc2c(s1)CCCC2. The molecule has 3 aromatic rings. The molecular formula is C18H21N5O2S. The number of carbonyl (C=O) groups excluding carboxylic acids is 1. The first-order valence-electron chi connectivity index (χ1n) is 8.99. The number of fused-ring (bicyclic) bond motifs is 2. The number of thiazole rings is 1. The third-order valence-corrected chi connectivity index (χ3v) is 5.81. The second kappa shape index (κ2) is 7.41. The Hall–Kier alpha value is -2.48. The van der Waals surface area contributed by atoms with E-state index in [0.29, 0.717) is 12.2 Å². The van der Waals surface area contributed by atoms with Crippen molar-refractivity contribution in [2.75, 3.05) is 6.54 Å². The first kappa shape index (κ1) is 17.0. The highest BCUT2D eigenvalue weighted by atomic mass is 32.1. The van der Waals surface area contributed by atoms with Crippen LogP contribution in [0.15, 0.2) is 29.2 Å². The fourth-order valence-corrected chi connectivity index (χ4v) is 4.39. The van der Waals surface area contributed by atoms with Crippen LogP contribution in [0.4, 0.5) is 0 Å². The van der Waals surface area contributed by atoms with Gasteiger partial charge in [0, 0.05) is 30.5 Å². The van der Waals surface area contributed by atoms with Crippen LogP contribution in [0, 0.1) is 0 Å². The second-order valence-corrected chi connectivity index (χ2v) is 7.64. The number of nitrogens with one attached hydrogen (secondary N) is 1. The van der Waals surface area contributed by atoms with Gasteiger partial charge in [-0.3, -0.25) is 9.20 Å². The summed E-state index contributed by atoms with van der Waals surface area (Å²) in [6.07, 6.45) is 7.40. The Bertz CT molecular complexity index is 964. The Morgan fingerprint density at radius 2 is 2.15 bits per heavy atom. The predicted molar refractivity (Wildman–Crippen MR) is 99.5 cm³/mol. The average Bonchev–Trinajstić information content (AvgIpc) is 3.21. The molecule has 1 aliphatic carbocycles. The van der Waals surface area contributed by atoms with Crippen LogP contribution in [0.2, 0.25) is 0 Å². The summed E-state index contributed by atoms with van der Waals surface area (Å²) in [7, 11) is 0. The minimum Gasteiger partial charge on any atom is -0.356 e. The molecule has 1 aliphatic rings. The lowest BCUT2D eigenvalue weighted by Crippen LogP contribution is -2.29. The number of aryl methyl sites for hydroxylation is 3. The number of amides is 1. The lowest BCUT2D eigenvalue weighted by Gasteiger charge is -2.06. The van der Waals surface area contributed by atoms with Gasteiger partial charge < -0.3 is 5.32 Å². The molecule has 3 aromatic heterocycles. The fourth-order valence-electron chi connectivity index (χ4n) is 3.23. The van der Waals surface area contributed by atoms with E-state index in [-0.39, 0.29) is 24.6 Å². The Morgan fingerprint density at radius 3 is 3.00 bits per heavy atom. The predicted octanol–water partition coefficient (Wildman–Crippen LogP) is 1.58. The number of aromatic nitrogens is 4. The monoisotopic (exact) mass is 371 g/mol. The number of carbonyl (C=O) groups is 1. The van der Waals surface area contributed by atoms with E-state index in [4.69, 9.17) is 0 Å². The summed E-state index contributed by atoms with van der Waals surface area (Å²) in [5, 5.41) is 8.25. The van der Waals surface area contributed by atoms with Crippen molar-refractivity contribution in [2.24, 2.45) is 0 Å². The molecule has 3 heterocycles. The summed E-state index contributed by atoms with van der Waals surface area (Å²) in [6, 6.07) is 5.38. The van der Waals surface area contributed by atoms with Crippen LogP contribution >= 0.6 is 11.3 Å². The van der Waals surface area contributed by atoms with Crippen molar-refractivity contribution in [1.29, 1.82) is 0 Å².